The topological polar surface area (TPSA) is 88.6 Å². The highest BCUT2D eigenvalue weighted by atomic mass is 16.5. The van der Waals surface area contributed by atoms with E-state index in [-0.39, 0.29) is 18.0 Å². The van der Waals surface area contributed by atoms with Gasteiger partial charge in [0.25, 0.3) is 5.91 Å². The van der Waals surface area contributed by atoms with Gasteiger partial charge in [0.15, 0.2) is 0 Å². The Kier molecular flexibility index (Phi) is 6.82. The van der Waals surface area contributed by atoms with Crippen LogP contribution in [0.5, 0.6) is 11.5 Å². The Morgan fingerprint density at radius 2 is 1.55 bits per heavy atom. The van der Waals surface area contributed by atoms with Crippen molar-refractivity contribution >= 4 is 28.6 Å². The molecule has 1 aromatic heterocycles. The molecular formula is C25H31N5O3. The van der Waals surface area contributed by atoms with E-state index in [1.807, 2.05) is 49.3 Å². The van der Waals surface area contributed by atoms with E-state index < -0.39 is 0 Å². The second-order valence-corrected chi connectivity index (χ2v) is 8.49. The number of aromatic nitrogens is 2. The third-order valence-electron chi connectivity index (χ3n) is 6.06. The molecule has 174 valence electrons. The SMILES string of the molecule is COc1cccc(OC)c1C(=O)NC1CCC(Nc2nc(N(C)C)c3ccccc3n2)CC1. The van der Waals surface area contributed by atoms with Gasteiger partial charge in [0.2, 0.25) is 5.95 Å². The van der Waals surface area contributed by atoms with Crippen molar-refractivity contribution in [1.82, 2.24) is 15.3 Å². The molecule has 2 N–H and O–H groups in total. The first kappa shape index (κ1) is 22.6. The van der Waals surface area contributed by atoms with Gasteiger partial charge in [-0.25, -0.2) is 4.98 Å². The van der Waals surface area contributed by atoms with Crippen LogP contribution in [0.2, 0.25) is 0 Å². The number of nitrogens with one attached hydrogen (secondary N) is 2. The molecule has 1 saturated carbocycles. The second-order valence-electron chi connectivity index (χ2n) is 8.49. The van der Waals surface area contributed by atoms with Gasteiger partial charge in [-0.2, -0.15) is 4.98 Å². The first-order valence-corrected chi connectivity index (χ1v) is 11.2. The van der Waals surface area contributed by atoms with Gasteiger partial charge in [0.1, 0.15) is 22.9 Å². The zero-order valence-corrected chi connectivity index (χ0v) is 19.6. The summed E-state index contributed by atoms with van der Waals surface area (Å²) in [6, 6.07) is 13.7. The lowest BCUT2D eigenvalue weighted by atomic mass is 9.91. The Balaban J connectivity index is 1.40. The van der Waals surface area contributed by atoms with E-state index in [0.29, 0.717) is 23.0 Å². The maximum absolute atomic E-state index is 13.0. The van der Waals surface area contributed by atoms with E-state index in [9.17, 15) is 4.79 Å². The summed E-state index contributed by atoms with van der Waals surface area (Å²) in [5.74, 6) is 2.38. The molecule has 33 heavy (non-hydrogen) atoms. The molecule has 2 aromatic carbocycles. The average Bonchev–Trinajstić information content (AvgIpc) is 2.84. The van der Waals surface area contributed by atoms with Crippen LogP contribution in [-0.4, -0.2) is 56.3 Å². The fraction of sp³-hybridized carbons (Fsp3) is 0.400. The van der Waals surface area contributed by atoms with Crippen molar-refractivity contribution in [3.05, 3.63) is 48.0 Å². The zero-order chi connectivity index (χ0) is 23.4. The van der Waals surface area contributed by atoms with Crippen molar-refractivity contribution in [2.75, 3.05) is 38.5 Å². The molecule has 1 fully saturated rings. The molecule has 0 aliphatic heterocycles. The smallest absolute Gasteiger partial charge is 0.259 e. The number of hydrogen-bond donors (Lipinski definition) is 2. The lowest BCUT2D eigenvalue weighted by molar-refractivity contribution is 0.0920. The van der Waals surface area contributed by atoms with Crippen molar-refractivity contribution < 1.29 is 14.3 Å². The number of ether oxygens (including phenoxy) is 2. The Morgan fingerprint density at radius 1 is 0.909 bits per heavy atom. The molecule has 8 nitrogen and oxygen atoms in total. The highest BCUT2D eigenvalue weighted by Gasteiger charge is 2.26. The second kappa shape index (κ2) is 9.94. The molecule has 3 aromatic rings. The van der Waals surface area contributed by atoms with E-state index in [0.717, 1.165) is 42.4 Å². The van der Waals surface area contributed by atoms with Crippen LogP contribution in [0.1, 0.15) is 36.0 Å². The van der Waals surface area contributed by atoms with Crippen LogP contribution in [0.4, 0.5) is 11.8 Å². The van der Waals surface area contributed by atoms with Crippen LogP contribution in [0.3, 0.4) is 0 Å². The van der Waals surface area contributed by atoms with Crippen LogP contribution in [0.15, 0.2) is 42.5 Å². The van der Waals surface area contributed by atoms with Crippen LogP contribution in [0.25, 0.3) is 10.9 Å². The number of fused-ring (bicyclic) bond motifs is 1. The first-order valence-electron chi connectivity index (χ1n) is 11.2. The Bertz CT molecular complexity index is 1100. The number of nitrogens with zero attached hydrogens (tertiary/aromatic N) is 3. The fourth-order valence-electron chi connectivity index (χ4n) is 4.36. The molecule has 0 unspecified atom stereocenters. The number of rotatable bonds is 7. The Morgan fingerprint density at radius 3 is 2.18 bits per heavy atom. The van der Waals surface area contributed by atoms with Crippen LogP contribution < -0.4 is 25.0 Å². The van der Waals surface area contributed by atoms with Crippen molar-refractivity contribution in [3.8, 4) is 11.5 Å². The third kappa shape index (κ3) is 4.94. The number of hydrogen-bond acceptors (Lipinski definition) is 7. The van der Waals surface area contributed by atoms with Gasteiger partial charge in [-0.3, -0.25) is 4.79 Å². The van der Waals surface area contributed by atoms with Gasteiger partial charge in [0.05, 0.1) is 19.7 Å². The number of benzene rings is 2. The zero-order valence-electron chi connectivity index (χ0n) is 19.6. The molecule has 4 rings (SSSR count). The highest BCUT2D eigenvalue weighted by Crippen LogP contribution is 2.30. The molecule has 0 spiro atoms. The molecule has 1 aliphatic rings. The maximum Gasteiger partial charge on any atom is 0.259 e. The van der Waals surface area contributed by atoms with E-state index >= 15 is 0 Å². The van der Waals surface area contributed by atoms with Gasteiger partial charge in [-0.1, -0.05) is 18.2 Å². The minimum atomic E-state index is -0.172. The molecule has 1 aliphatic carbocycles. The van der Waals surface area contributed by atoms with Crippen LogP contribution >= 0.6 is 0 Å². The number of carbonyl (C=O) groups is 1. The summed E-state index contributed by atoms with van der Waals surface area (Å²) in [5.41, 5.74) is 1.36. The standard InChI is InChI=1S/C25H31N5O3/c1-30(2)23-18-8-5-6-9-19(18)28-25(29-23)27-17-14-12-16(13-15-17)26-24(31)22-20(32-3)10-7-11-21(22)33-4/h5-11,16-17H,12-15H2,1-4H3,(H,26,31)(H,27,28,29). The summed E-state index contributed by atoms with van der Waals surface area (Å²) in [6.45, 7) is 0. The summed E-state index contributed by atoms with van der Waals surface area (Å²) < 4.78 is 10.7. The van der Waals surface area contributed by atoms with Gasteiger partial charge in [0, 0.05) is 31.6 Å². The van der Waals surface area contributed by atoms with E-state index in [1.54, 1.807) is 26.4 Å². The highest BCUT2D eigenvalue weighted by molar-refractivity contribution is 6.00. The van der Waals surface area contributed by atoms with Crippen LogP contribution in [-0.2, 0) is 0 Å². The Hall–Kier alpha value is -3.55. The molecule has 1 heterocycles. The molecule has 0 saturated heterocycles. The first-order chi connectivity index (χ1) is 16.0. The van der Waals surface area contributed by atoms with Crippen molar-refractivity contribution in [1.29, 1.82) is 0 Å². The van der Waals surface area contributed by atoms with Gasteiger partial charge >= 0.3 is 0 Å². The molecule has 0 bridgehead atoms. The maximum atomic E-state index is 13.0. The minimum Gasteiger partial charge on any atom is -0.496 e. The molecule has 8 heteroatoms. The molecule has 0 atom stereocenters. The van der Waals surface area contributed by atoms with Crippen molar-refractivity contribution in [3.63, 3.8) is 0 Å². The van der Waals surface area contributed by atoms with Crippen LogP contribution in [0, 0.1) is 0 Å². The third-order valence-corrected chi connectivity index (χ3v) is 6.06. The normalized spacial score (nSPS) is 17.9. The lowest BCUT2D eigenvalue weighted by Crippen LogP contribution is -2.40. The summed E-state index contributed by atoms with van der Waals surface area (Å²) in [6.07, 6.45) is 3.58. The number of carbonyl (C=O) groups excluding carboxylic acids is 1. The van der Waals surface area contributed by atoms with E-state index in [1.165, 1.54) is 0 Å². The predicted octanol–water partition coefficient (Wildman–Crippen LogP) is 3.87. The number of amides is 1. The lowest BCUT2D eigenvalue weighted by Gasteiger charge is -2.30. The predicted molar refractivity (Wildman–Crippen MR) is 131 cm³/mol. The summed E-state index contributed by atoms with van der Waals surface area (Å²) >= 11 is 0. The molecule has 1 amide bonds. The largest absolute Gasteiger partial charge is 0.496 e. The monoisotopic (exact) mass is 449 g/mol. The summed E-state index contributed by atoms with van der Waals surface area (Å²) in [7, 11) is 7.09. The number of anilines is 2. The number of para-hydroxylation sites is 1. The van der Waals surface area contributed by atoms with Gasteiger partial charge in [-0.15, -0.1) is 0 Å². The van der Waals surface area contributed by atoms with E-state index in [4.69, 9.17) is 19.4 Å². The Labute approximate surface area is 194 Å². The minimum absolute atomic E-state index is 0.0972. The quantitative estimate of drug-likeness (QED) is 0.566. The van der Waals surface area contributed by atoms with Crippen molar-refractivity contribution in [2.45, 2.75) is 37.8 Å². The summed E-state index contributed by atoms with van der Waals surface area (Å²) in [5, 5.41) is 7.69. The molecule has 0 radical (unpaired) electrons. The van der Waals surface area contributed by atoms with Gasteiger partial charge < -0.3 is 25.0 Å². The average molecular weight is 450 g/mol. The van der Waals surface area contributed by atoms with Crippen molar-refractivity contribution in [2.24, 2.45) is 0 Å². The summed E-state index contributed by atoms with van der Waals surface area (Å²) in [4.78, 5) is 24.4. The van der Waals surface area contributed by atoms with E-state index in [2.05, 4.69) is 10.6 Å². The fourth-order valence-corrected chi connectivity index (χ4v) is 4.36. The number of methoxy groups -OCH3 is 2. The van der Waals surface area contributed by atoms with Gasteiger partial charge in [-0.05, 0) is 49.9 Å². The molecular weight excluding hydrogens is 418 g/mol.